The molecular formula is C19H28B2F8FeN10O. The Hall–Kier alpha value is -3.35. The number of aliphatic hydroxyl groups is 1. The summed E-state index contributed by atoms with van der Waals surface area (Å²) in [5.41, 5.74) is 2.50. The summed E-state index contributed by atoms with van der Waals surface area (Å²) >= 11 is 0. The molecule has 0 saturated heterocycles. The molecule has 3 heterocycles. The Balaban J connectivity index is 0. The van der Waals surface area contributed by atoms with Crippen LogP contribution in [0.4, 0.5) is 34.5 Å². The van der Waals surface area contributed by atoms with Crippen LogP contribution >= 0.6 is 0 Å². The van der Waals surface area contributed by atoms with Crippen molar-refractivity contribution < 1.29 is 56.7 Å². The maximum atomic E-state index is 9.75. The van der Waals surface area contributed by atoms with Crippen LogP contribution in [-0.4, -0.2) is 120 Å². The first-order valence-electron chi connectivity index (χ1n) is 11.3. The van der Waals surface area contributed by atoms with E-state index < -0.39 is 14.5 Å². The normalized spacial score (nSPS) is 11.5. The average molecular weight is 642 g/mol. The zero-order chi connectivity index (χ0) is 30.3. The van der Waals surface area contributed by atoms with Gasteiger partial charge in [0.1, 0.15) is 17.1 Å². The van der Waals surface area contributed by atoms with Gasteiger partial charge in [0.2, 0.25) is 0 Å². The van der Waals surface area contributed by atoms with E-state index in [4.69, 9.17) is 5.11 Å². The molecule has 0 amide bonds. The molecule has 4 N–H and O–H groups in total. The molecule has 0 aliphatic heterocycles. The summed E-state index contributed by atoms with van der Waals surface area (Å²) in [4.78, 5) is 15.6. The van der Waals surface area contributed by atoms with Crippen molar-refractivity contribution in [3.8, 4) is 0 Å². The van der Waals surface area contributed by atoms with Gasteiger partial charge in [-0.05, 0) is 18.2 Å². The number of aromatic nitrogens is 6. The molecule has 0 aliphatic carbocycles. The van der Waals surface area contributed by atoms with Crippen molar-refractivity contribution in [1.82, 2.24) is 35.5 Å². The maximum absolute atomic E-state index is 9.75. The first-order valence-corrected chi connectivity index (χ1v) is 11.3. The van der Waals surface area contributed by atoms with Crippen LogP contribution in [0.2, 0.25) is 0 Å². The first-order chi connectivity index (χ1) is 18.9. The number of hydrogen-bond donors (Lipinski definition) is 4. The van der Waals surface area contributed by atoms with Gasteiger partial charge < -0.3 is 39.6 Å². The number of aromatic amines is 3. The van der Waals surface area contributed by atoms with Gasteiger partial charge in [-0.1, -0.05) is 0 Å². The fourth-order valence-corrected chi connectivity index (χ4v) is 2.44. The summed E-state index contributed by atoms with van der Waals surface area (Å²) in [6, 6.07) is 5.65. The van der Waals surface area contributed by atoms with Gasteiger partial charge >= 0.3 is 31.6 Å². The number of rotatable bonds is 12. The molecule has 41 heavy (non-hydrogen) atoms. The molecule has 22 heteroatoms. The molecule has 230 valence electrons. The second-order valence-electron chi connectivity index (χ2n) is 6.93. The van der Waals surface area contributed by atoms with E-state index in [0.717, 1.165) is 43.8 Å². The number of nitrogens with one attached hydrogen (secondary N) is 3. The molecule has 0 fully saturated rings. The number of H-pyrrole nitrogens is 3. The molecule has 3 aromatic heterocycles. The van der Waals surface area contributed by atoms with Crippen LogP contribution in [0.25, 0.3) is 0 Å². The van der Waals surface area contributed by atoms with Gasteiger partial charge in [-0.2, -0.15) is 15.3 Å². The summed E-state index contributed by atoms with van der Waals surface area (Å²) in [7, 11) is -11.0. The van der Waals surface area contributed by atoms with Gasteiger partial charge in [0.05, 0.1) is 19.6 Å². The first kappa shape index (κ1) is 39.8. The van der Waals surface area contributed by atoms with E-state index in [1.807, 2.05) is 18.2 Å². The van der Waals surface area contributed by atoms with E-state index in [0.29, 0.717) is 19.6 Å². The number of aliphatic hydroxyl groups excluding tert-OH is 1. The number of hydrogen-bond acceptors (Lipinski definition) is 8. The SMILES string of the molecule is C(=NCCN(CCN=Cc1cc[nH]n1)CCN=Cc1cc[nH]n1)c1cc[nH]n1.CO.F[B-](F)(F)F.F[B-](F)(F)F.[Fe+2]. The zero-order valence-corrected chi connectivity index (χ0v) is 22.7. The van der Waals surface area contributed by atoms with Gasteiger partial charge in [-0.3, -0.25) is 35.2 Å². The van der Waals surface area contributed by atoms with Gasteiger partial charge in [-0.25, -0.2) is 0 Å². The minimum Gasteiger partial charge on any atom is -0.418 e. The predicted octanol–water partition coefficient (Wildman–Crippen LogP) is 3.02. The van der Waals surface area contributed by atoms with Crippen LogP contribution < -0.4 is 0 Å². The molecule has 0 aromatic carbocycles. The molecule has 3 aromatic rings. The van der Waals surface area contributed by atoms with Gasteiger partial charge in [0.15, 0.2) is 0 Å². The van der Waals surface area contributed by atoms with Crippen molar-refractivity contribution in [3.63, 3.8) is 0 Å². The summed E-state index contributed by atoms with van der Waals surface area (Å²) in [5, 5.41) is 27.5. The van der Waals surface area contributed by atoms with E-state index in [1.54, 1.807) is 37.2 Å². The number of nitrogens with zero attached hydrogens (tertiary/aromatic N) is 7. The molecule has 0 unspecified atom stereocenters. The van der Waals surface area contributed by atoms with Crippen LogP contribution in [0.1, 0.15) is 17.1 Å². The van der Waals surface area contributed by atoms with Crippen LogP contribution in [0.3, 0.4) is 0 Å². The fraction of sp³-hybridized carbons (Fsp3) is 0.368. The topological polar surface area (TPSA) is 147 Å². The average Bonchev–Trinajstić information content (AvgIpc) is 3.65. The largest absolute Gasteiger partial charge is 2.00 e. The molecule has 0 spiro atoms. The maximum Gasteiger partial charge on any atom is 2.00 e. The molecule has 0 atom stereocenters. The second-order valence-corrected chi connectivity index (χ2v) is 6.93. The number of halogens is 8. The summed E-state index contributed by atoms with van der Waals surface area (Å²) in [5.74, 6) is 0. The van der Waals surface area contributed by atoms with Crippen molar-refractivity contribution in [1.29, 1.82) is 0 Å². The van der Waals surface area contributed by atoms with Crippen LogP contribution in [0, 0.1) is 0 Å². The Labute approximate surface area is 240 Å². The smallest absolute Gasteiger partial charge is 0.418 e. The monoisotopic (exact) mass is 642 g/mol. The van der Waals surface area contributed by atoms with Crippen molar-refractivity contribution in [2.24, 2.45) is 15.0 Å². The Morgan fingerprint density at radius 3 is 1.07 bits per heavy atom. The quantitative estimate of drug-likeness (QED) is 0.136. The van der Waals surface area contributed by atoms with Crippen molar-refractivity contribution >= 4 is 33.2 Å². The minimum atomic E-state index is -6.00. The van der Waals surface area contributed by atoms with Gasteiger partial charge in [-0.15, -0.1) is 0 Å². The molecule has 0 radical (unpaired) electrons. The van der Waals surface area contributed by atoms with Crippen molar-refractivity contribution in [2.45, 2.75) is 0 Å². The van der Waals surface area contributed by atoms with E-state index >= 15 is 0 Å². The van der Waals surface area contributed by atoms with E-state index in [-0.39, 0.29) is 17.1 Å². The van der Waals surface area contributed by atoms with E-state index in [1.165, 1.54) is 0 Å². The Bertz CT molecular complexity index is 912. The third-order valence-electron chi connectivity index (χ3n) is 3.87. The molecule has 0 bridgehead atoms. The Kier molecular flexibility index (Phi) is 22.7. The summed E-state index contributed by atoms with van der Waals surface area (Å²) in [6.45, 7) is 4.57. The Morgan fingerprint density at radius 2 is 0.878 bits per heavy atom. The Morgan fingerprint density at radius 1 is 0.634 bits per heavy atom. The fourth-order valence-electron chi connectivity index (χ4n) is 2.44. The summed E-state index contributed by atoms with van der Waals surface area (Å²) in [6.07, 6.45) is 10.7. The standard InChI is InChI=1S/C18H24N10.CH4O.2BF4.Fe/c1-4-22-25-16(1)13-19-7-10-28(11-8-20-14-17-2-5-23-26-17)12-9-21-15-18-3-6-24-27-18;1-2;2*2-1(3,4)5;/h1-6,13-15H,7-12H2,(H,22,25)(H,23,26)(H,24,27);2H,1H3;;;/q;;2*-1;+2. The predicted molar refractivity (Wildman–Crippen MR) is 138 cm³/mol. The zero-order valence-electron chi connectivity index (χ0n) is 21.5. The van der Waals surface area contributed by atoms with Crippen LogP contribution in [0.15, 0.2) is 51.8 Å². The van der Waals surface area contributed by atoms with Crippen LogP contribution in [0.5, 0.6) is 0 Å². The second kappa shape index (κ2) is 23.4. The molecule has 0 saturated carbocycles. The number of aliphatic imine (C=N–C) groups is 3. The van der Waals surface area contributed by atoms with Crippen LogP contribution in [-0.2, 0) is 17.1 Å². The van der Waals surface area contributed by atoms with E-state index in [2.05, 4.69) is 50.5 Å². The third-order valence-corrected chi connectivity index (χ3v) is 3.87. The molecule has 0 aliphatic rings. The van der Waals surface area contributed by atoms with Crippen molar-refractivity contribution in [2.75, 3.05) is 46.4 Å². The van der Waals surface area contributed by atoms with Crippen molar-refractivity contribution in [3.05, 3.63) is 53.9 Å². The minimum absolute atomic E-state index is 0. The molecule has 3 rings (SSSR count). The van der Waals surface area contributed by atoms with Gasteiger partial charge in [0.25, 0.3) is 0 Å². The summed E-state index contributed by atoms with van der Waals surface area (Å²) < 4.78 is 78.0. The van der Waals surface area contributed by atoms with E-state index in [9.17, 15) is 34.5 Å². The molecular weight excluding hydrogens is 614 g/mol. The third kappa shape index (κ3) is 29.5. The van der Waals surface area contributed by atoms with Gasteiger partial charge in [0, 0.05) is 64.0 Å². The molecule has 11 nitrogen and oxygen atoms in total.